The quantitative estimate of drug-likeness (QED) is 0.562. The third kappa shape index (κ3) is 3.19. The molecule has 0 saturated heterocycles. The fraction of sp³-hybridized carbons (Fsp3) is 0.308. The summed E-state index contributed by atoms with van der Waals surface area (Å²) >= 11 is 0. The number of hydrogen-bond donors (Lipinski definition) is 0. The number of halogens is 1. The van der Waals surface area contributed by atoms with Gasteiger partial charge in [-0.05, 0) is 49.6 Å². The fourth-order valence-corrected chi connectivity index (χ4v) is 1.55. The Bertz CT molecular complexity index is 395. The van der Waals surface area contributed by atoms with Gasteiger partial charge in [-0.1, -0.05) is 5.16 Å². The maximum absolute atomic E-state index is 12.6. The zero-order valence-electron chi connectivity index (χ0n) is 8.95. The Kier molecular flexibility index (Phi) is 3.70. The van der Waals surface area contributed by atoms with Crippen molar-refractivity contribution in [3.63, 3.8) is 0 Å². The van der Waals surface area contributed by atoms with E-state index < -0.39 is 0 Å². The molecule has 0 aromatic heterocycles. The van der Waals surface area contributed by atoms with Gasteiger partial charge >= 0.3 is 0 Å². The summed E-state index contributed by atoms with van der Waals surface area (Å²) in [5.74, 6) is 0.641. The van der Waals surface area contributed by atoms with E-state index >= 15 is 0 Å². The number of benzene rings is 1. The summed E-state index contributed by atoms with van der Waals surface area (Å²) in [5, 5.41) is 3.75. The standard InChI is InChI=1S/C13H13FNO/c14-12-8-6-11(7-9-12)10-15-16-13-4-2-1-3-5-13/h4,6-9H,1-3,5H2. The van der Waals surface area contributed by atoms with Crippen molar-refractivity contribution in [2.24, 2.45) is 5.16 Å². The first-order valence-corrected chi connectivity index (χ1v) is 5.42. The first kappa shape index (κ1) is 10.9. The van der Waals surface area contributed by atoms with Gasteiger partial charge in [0.2, 0.25) is 0 Å². The molecular formula is C13H13FNO. The predicted molar refractivity (Wildman–Crippen MR) is 60.6 cm³/mol. The van der Waals surface area contributed by atoms with Gasteiger partial charge in [-0.25, -0.2) is 4.39 Å². The van der Waals surface area contributed by atoms with Crippen LogP contribution in [0.4, 0.5) is 4.39 Å². The maximum atomic E-state index is 12.6. The molecule has 83 valence electrons. The van der Waals surface area contributed by atoms with Crippen molar-refractivity contribution >= 4 is 6.21 Å². The molecule has 16 heavy (non-hydrogen) atoms. The SMILES string of the molecule is Fc1ccc([C]=NOC2=CCCCC2)cc1. The number of allylic oxidation sites excluding steroid dienone is 2. The average Bonchev–Trinajstić information content (AvgIpc) is 2.33. The molecule has 2 nitrogen and oxygen atoms in total. The molecule has 1 radical (unpaired) electrons. The van der Waals surface area contributed by atoms with Crippen molar-refractivity contribution in [2.45, 2.75) is 25.7 Å². The van der Waals surface area contributed by atoms with Crippen LogP contribution in [-0.2, 0) is 4.84 Å². The Balaban J connectivity index is 1.89. The number of nitrogens with zero attached hydrogens (tertiary/aromatic N) is 1. The number of rotatable bonds is 3. The Hall–Kier alpha value is -1.64. The summed E-state index contributed by atoms with van der Waals surface area (Å²) in [6.07, 6.45) is 9.14. The van der Waals surface area contributed by atoms with Gasteiger partial charge in [0.1, 0.15) is 17.8 Å². The van der Waals surface area contributed by atoms with Gasteiger partial charge in [-0.2, -0.15) is 0 Å². The molecule has 1 aromatic rings. The molecule has 0 saturated carbocycles. The van der Waals surface area contributed by atoms with Crippen LogP contribution in [0.2, 0.25) is 0 Å². The van der Waals surface area contributed by atoms with Gasteiger partial charge in [0.15, 0.2) is 0 Å². The van der Waals surface area contributed by atoms with Crippen LogP contribution in [0.25, 0.3) is 0 Å². The molecule has 0 atom stereocenters. The molecule has 2 rings (SSSR count). The highest BCUT2D eigenvalue weighted by atomic mass is 19.1. The van der Waals surface area contributed by atoms with Crippen LogP contribution in [0, 0.1) is 5.82 Å². The zero-order valence-corrected chi connectivity index (χ0v) is 8.95. The summed E-state index contributed by atoms with van der Waals surface area (Å²) in [4.78, 5) is 5.20. The first-order chi connectivity index (χ1) is 7.84. The van der Waals surface area contributed by atoms with Crippen molar-refractivity contribution in [2.75, 3.05) is 0 Å². The van der Waals surface area contributed by atoms with E-state index in [-0.39, 0.29) is 5.82 Å². The third-order valence-corrected chi connectivity index (χ3v) is 2.43. The Morgan fingerprint density at radius 1 is 1.19 bits per heavy atom. The van der Waals surface area contributed by atoms with Crippen LogP contribution >= 0.6 is 0 Å². The minimum absolute atomic E-state index is 0.263. The molecule has 0 fully saturated rings. The molecule has 0 heterocycles. The Morgan fingerprint density at radius 3 is 2.69 bits per heavy atom. The van der Waals surface area contributed by atoms with Gasteiger partial charge in [0.05, 0.1) is 0 Å². The average molecular weight is 218 g/mol. The molecule has 0 aliphatic heterocycles. The van der Waals surface area contributed by atoms with Gasteiger partial charge in [-0.3, -0.25) is 0 Å². The lowest BCUT2D eigenvalue weighted by molar-refractivity contribution is 0.210. The van der Waals surface area contributed by atoms with Crippen molar-refractivity contribution < 1.29 is 9.23 Å². The van der Waals surface area contributed by atoms with Gasteiger partial charge < -0.3 is 4.84 Å². The van der Waals surface area contributed by atoms with Crippen LogP contribution in [0.15, 0.2) is 41.3 Å². The van der Waals surface area contributed by atoms with Gasteiger partial charge in [0, 0.05) is 12.0 Å². The molecular weight excluding hydrogens is 205 g/mol. The van der Waals surface area contributed by atoms with E-state index in [1.165, 1.54) is 18.6 Å². The predicted octanol–water partition coefficient (Wildman–Crippen LogP) is 3.51. The molecule has 1 aliphatic carbocycles. The molecule has 0 amide bonds. The molecule has 1 aliphatic rings. The fourth-order valence-electron chi connectivity index (χ4n) is 1.55. The topological polar surface area (TPSA) is 21.6 Å². The summed E-state index contributed by atoms with van der Waals surface area (Å²) in [7, 11) is 0. The zero-order chi connectivity index (χ0) is 11.2. The lowest BCUT2D eigenvalue weighted by Crippen LogP contribution is -1.93. The molecule has 0 unspecified atom stereocenters. The molecule has 0 bridgehead atoms. The minimum atomic E-state index is -0.263. The van der Waals surface area contributed by atoms with Crippen molar-refractivity contribution in [1.29, 1.82) is 0 Å². The van der Waals surface area contributed by atoms with Gasteiger partial charge in [-0.15, -0.1) is 0 Å². The third-order valence-electron chi connectivity index (χ3n) is 2.43. The highest BCUT2D eigenvalue weighted by Crippen LogP contribution is 2.18. The van der Waals surface area contributed by atoms with Crippen LogP contribution < -0.4 is 0 Å². The second-order valence-corrected chi connectivity index (χ2v) is 3.72. The summed E-state index contributed by atoms with van der Waals surface area (Å²) in [6, 6.07) is 5.96. The summed E-state index contributed by atoms with van der Waals surface area (Å²) in [6.45, 7) is 0. The normalized spacial score (nSPS) is 16.2. The van der Waals surface area contributed by atoms with Crippen LogP contribution in [-0.4, -0.2) is 6.21 Å². The molecule has 0 N–H and O–H groups in total. The Labute approximate surface area is 94.4 Å². The van der Waals surface area contributed by atoms with E-state index in [1.807, 2.05) is 0 Å². The highest BCUT2D eigenvalue weighted by molar-refractivity contribution is 5.78. The Morgan fingerprint density at radius 2 is 2.00 bits per heavy atom. The number of hydrogen-bond acceptors (Lipinski definition) is 2. The van der Waals surface area contributed by atoms with Crippen LogP contribution in [0.3, 0.4) is 0 Å². The van der Waals surface area contributed by atoms with Gasteiger partial charge in [0.25, 0.3) is 0 Å². The molecule has 1 aromatic carbocycles. The second kappa shape index (κ2) is 5.45. The van der Waals surface area contributed by atoms with E-state index in [1.54, 1.807) is 12.1 Å². The van der Waals surface area contributed by atoms with E-state index in [2.05, 4.69) is 17.4 Å². The van der Waals surface area contributed by atoms with Crippen molar-refractivity contribution in [3.8, 4) is 0 Å². The summed E-state index contributed by atoms with van der Waals surface area (Å²) < 4.78 is 12.6. The van der Waals surface area contributed by atoms with Crippen LogP contribution in [0.5, 0.6) is 0 Å². The minimum Gasteiger partial charge on any atom is -0.361 e. The lowest BCUT2D eigenvalue weighted by atomic mass is 10.1. The largest absolute Gasteiger partial charge is 0.361 e. The lowest BCUT2D eigenvalue weighted by Gasteiger charge is -2.08. The van der Waals surface area contributed by atoms with E-state index in [0.29, 0.717) is 5.56 Å². The van der Waals surface area contributed by atoms with E-state index in [4.69, 9.17) is 4.84 Å². The highest BCUT2D eigenvalue weighted by Gasteiger charge is 2.03. The molecule has 3 heteroatoms. The monoisotopic (exact) mass is 218 g/mol. The second-order valence-electron chi connectivity index (χ2n) is 3.72. The maximum Gasteiger partial charge on any atom is 0.140 e. The van der Waals surface area contributed by atoms with E-state index in [9.17, 15) is 4.39 Å². The summed E-state index contributed by atoms with van der Waals surface area (Å²) in [5.41, 5.74) is 0.706. The van der Waals surface area contributed by atoms with Crippen molar-refractivity contribution in [1.82, 2.24) is 0 Å². The smallest absolute Gasteiger partial charge is 0.140 e. The van der Waals surface area contributed by atoms with Crippen molar-refractivity contribution in [3.05, 3.63) is 47.5 Å². The van der Waals surface area contributed by atoms with E-state index in [0.717, 1.165) is 25.0 Å². The molecule has 0 spiro atoms. The first-order valence-electron chi connectivity index (χ1n) is 5.42. The van der Waals surface area contributed by atoms with Crippen LogP contribution in [0.1, 0.15) is 31.2 Å².